The number of nitrogens with zero attached hydrogens (tertiary/aromatic N) is 2. The minimum atomic E-state index is -0.00475. The van der Waals surface area contributed by atoms with Crippen LogP contribution in [-0.2, 0) is 17.8 Å². The lowest BCUT2D eigenvalue weighted by Crippen LogP contribution is -2.21. The van der Waals surface area contributed by atoms with Crippen LogP contribution < -0.4 is 14.8 Å². The van der Waals surface area contributed by atoms with Crippen LogP contribution in [0.4, 0.5) is 0 Å². The van der Waals surface area contributed by atoms with Crippen molar-refractivity contribution in [3.8, 4) is 11.5 Å². The van der Waals surface area contributed by atoms with Crippen LogP contribution in [0.5, 0.6) is 11.5 Å². The lowest BCUT2D eigenvalue weighted by molar-refractivity contribution is -0.118. The lowest BCUT2D eigenvalue weighted by atomic mass is 10.3. The second-order valence-electron chi connectivity index (χ2n) is 6.48. The zero-order valence-electron chi connectivity index (χ0n) is 16.5. The Morgan fingerprint density at radius 3 is 2.54 bits per heavy atom. The molecule has 1 N–H and O–H groups in total. The molecule has 0 fully saturated rings. The molecule has 1 amide bonds. The molecule has 6 heteroatoms. The van der Waals surface area contributed by atoms with E-state index in [4.69, 9.17) is 14.5 Å². The van der Waals surface area contributed by atoms with Crippen molar-refractivity contribution in [1.29, 1.82) is 0 Å². The quantitative estimate of drug-likeness (QED) is 0.545. The van der Waals surface area contributed by atoms with Crippen LogP contribution in [-0.4, -0.2) is 35.2 Å². The third kappa shape index (κ3) is 5.03. The molecule has 1 aromatic heterocycles. The van der Waals surface area contributed by atoms with Gasteiger partial charge in [-0.3, -0.25) is 4.79 Å². The summed E-state index contributed by atoms with van der Waals surface area (Å²) in [7, 11) is 0. The summed E-state index contributed by atoms with van der Waals surface area (Å²) in [6.07, 6.45) is 1.64. The van der Waals surface area contributed by atoms with E-state index in [9.17, 15) is 4.79 Å². The number of imidazole rings is 1. The highest BCUT2D eigenvalue weighted by atomic mass is 16.5. The Hall–Kier alpha value is -3.02. The van der Waals surface area contributed by atoms with E-state index in [0.717, 1.165) is 41.2 Å². The first-order valence-corrected chi connectivity index (χ1v) is 9.72. The highest BCUT2D eigenvalue weighted by Crippen LogP contribution is 2.26. The second kappa shape index (κ2) is 9.78. The molecule has 0 aliphatic heterocycles. The first-order chi connectivity index (χ1) is 13.7. The first kappa shape index (κ1) is 19.7. The Labute approximate surface area is 165 Å². The summed E-state index contributed by atoms with van der Waals surface area (Å²) in [5, 5.41) is 2.84. The maximum Gasteiger partial charge on any atom is 0.216 e. The van der Waals surface area contributed by atoms with Crippen LogP contribution in [0.1, 0.15) is 26.1 Å². The monoisotopic (exact) mass is 381 g/mol. The first-order valence-electron chi connectivity index (χ1n) is 9.72. The van der Waals surface area contributed by atoms with E-state index < -0.39 is 0 Å². The number of aryl methyl sites for hydroxylation is 1. The number of para-hydroxylation sites is 4. The average Bonchev–Trinajstić information content (AvgIpc) is 3.04. The lowest BCUT2D eigenvalue weighted by Gasteiger charge is -2.13. The number of rotatable bonds is 10. The summed E-state index contributed by atoms with van der Waals surface area (Å²) in [6, 6.07) is 15.8. The molecule has 2 aromatic carbocycles. The van der Waals surface area contributed by atoms with Gasteiger partial charge in [-0.05, 0) is 37.6 Å². The fourth-order valence-corrected chi connectivity index (χ4v) is 3.17. The van der Waals surface area contributed by atoms with Crippen molar-refractivity contribution in [2.75, 3.05) is 19.8 Å². The van der Waals surface area contributed by atoms with Crippen molar-refractivity contribution < 1.29 is 14.3 Å². The van der Waals surface area contributed by atoms with Crippen molar-refractivity contribution in [3.05, 3.63) is 54.4 Å². The molecule has 0 saturated carbocycles. The van der Waals surface area contributed by atoms with Gasteiger partial charge in [-0.15, -0.1) is 0 Å². The van der Waals surface area contributed by atoms with Gasteiger partial charge in [-0.1, -0.05) is 24.3 Å². The third-order valence-corrected chi connectivity index (χ3v) is 4.41. The van der Waals surface area contributed by atoms with Gasteiger partial charge in [0.1, 0.15) is 12.4 Å². The average molecular weight is 381 g/mol. The van der Waals surface area contributed by atoms with Gasteiger partial charge in [0.2, 0.25) is 5.91 Å². The number of hydrogen-bond acceptors (Lipinski definition) is 4. The maximum absolute atomic E-state index is 11.1. The Morgan fingerprint density at radius 2 is 1.79 bits per heavy atom. The van der Waals surface area contributed by atoms with E-state index in [2.05, 4.69) is 16.0 Å². The van der Waals surface area contributed by atoms with Crippen molar-refractivity contribution >= 4 is 16.9 Å². The molecular weight excluding hydrogens is 354 g/mol. The van der Waals surface area contributed by atoms with Gasteiger partial charge in [-0.25, -0.2) is 4.98 Å². The zero-order valence-corrected chi connectivity index (χ0v) is 16.5. The minimum absolute atomic E-state index is 0.00475. The fourth-order valence-electron chi connectivity index (χ4n) is 3.17. The number of ether oxygens (including phenoxy) is 2. The summed E-state index contributed by atoms with van der Waals surface area (Å²) >= 11 is 0. The molecular formula is C22H27N3O3. The number of carbonyl (C=O) groups excluding carboxylic acids is 1. The smallest absolute Gasteiger partial charge is 0.216 e. The van der Waals surface area contributed by atoms with Crippen LogP contribution in [0.3, 0.4) is 0 Å². The molecule has 6 nitrogen and oxygen atoms in total. The summed E-state index contributed by atoms with van der Waals surface area (Å²) in [4.78, 5) is 15.8. The van der Waals surface area contributed by atoms with Gasteiger partial charge in [-0.2, -0.15) is 0 Å². The molecule has 0 spiro atoms. The highest BCUT2D eigenvalue weighted by Gasteiger charge is 2.11. The van der Waals surface area contributed by atoms with E-state index in [1.807, 2.05) is 49.4 Å². The van der Waals surface area contributed by atoms with Crippen LogP contribution >= 0.6 is 0 Å². The van der Waals surface area contributed by atoms with Crippen LogP contribution in [0.15, 0.2) is 48.5 Å². The number of hydrogen-bond donors (Lipinski definition) is 1. The minimum Gasteiger partial charge on any atom is -0.490 e. The van der Waals surface area contributed by atoms with E-state index in [-0.39, 0.29) is 5.91 Å². The number of fused-ring (bicyclic) bond motifs is 1. The van der Waals surface area contributed by atoms with Gasteiger partial charge in [0.25, 0.3) is 0 Å². The maximum atomic E-state index is 11.1. The summed E-state index contributed by atoms with van der Waals surface area (Å²) < 4.78 is 13.8. The summed E-state index contributed by atoms with van der Waals surface area (Å²) in [5.74, 6) is 2.51. The van der Waals surface area contributed by atoms with Crippen LogP contribution in [0, 0.1) is 0 Å². The van der Waals surface area contributed by atoms with Crippen molar-refractivity contribution in [2.45, 2.75) is 33.2 Å². The molecule has 0 unspecified atom stereocenters. The van der Waals surface area contributed by atoms with E-state index in [0.29, 0.717) is 26.3 Å². The fraction of sp³-hybridized carbons (Fsp3) is 0.364. The molecule has 1 heterocycles. The van der Waals surface area contributed by atoms with E-state index >= 15 is 0 Å². The highest BCUT2D eigenvalue weighted by molar-refractivity contribution is 5.76. The second-order valence-corrected chi connectivity index (χ2v) is 6.48. The van der Waals surface area contributed by atoms with Gasteiger partial charge in [0, 0.05) is 19.9 Å². The topological polar surface area (TPSA) is 65.4 Å². The predicted octanol–water partition coefficient (Wildman–Crippen LogP) is 3.58. The number of carbonyl (C=O) groups is 1. The standard InChI is InChI=1S/C22H27N3O3/c1-3-27-20-11-6-7-12-21(20)28-16-15-25-19-10-5-4-9-18(19)24-22(25)13-8-14-23-17(2)26/h4-7,9-12H,3,8,13-16H2,1-2H3,(H,23,26). The predicted molar refractivity (Wildman–Crippen MR) is 110 cm³/mol. The van der Waals surface area contributed by atoms with E-state index in [1.54, 1.807) is 0 Å². The Kier molecular flexibility index (Phi) is 6.89. The number of amides is 1. The molecule has 148 valence electrons. The van der Waals surface area contributed by atoms with Crippen LogP contribution in [0.25, 0.3) is 11.0 Å². The number of benzene rings is 2. The van der Waals surface area contributed by atoms with Gasteiger partial charge < -0.3 is 19.4 Å². The Balaban J connectivity index is 1.69. The number of aromatic nitrogens is 2. The third-order valence-electron chi connectivity index (χ3n) is 4.41. The SMILES string of the molecule is CCOc1ccccc1OCCn1c(CCCNC(C)=O)nc2ccccc21. The van der Waals surface area contributed by atoms with Crippen molar-refractivity contribution in [3.63, 3.8) is 0 Å². The molecule has 3 aromatic rings. The van der Waals surface area contributed by atoms with Gasteiger partial charge in [0.15, 0.2) is 11.5 Å². The Bertz CT molecular complexity index is 920. The zero-order chi connectivity index (χ0) is 19.8. The molecule has 28 heavy (non-hydrogen) atoms. The van der Waals surface area contributed by atoms with Crippen LogP contribution in [0.2, 0.25) is 0 Å². The molecule has 3 rings (SSSR count). The molecule has 0 saturated heterocycles. The normalized spacial score (nSPS) is 10.8. The molecule has 0 bridgehead atoms. The molecule has 0 aliphatic carbocycles. The molecule has 0 radical (unpaired) electrons. The summed E-state index contributed by atoms with van der Waals surface area (Å²) in [6.45, 7) is 5.95. The largest absolute Gasteiger partial charge is 0.490 e. The Morgan fingerprint density at radius 1 is 1.07 bits per heavy atom. The molecule has 0 atom stereocenters. The van der Waals surface area contributed by atoms with Gasteiger partial charge in [0.05, 0.1) is 24.2 Å². The number of nitrogens with one attached hydrogen (secondary N) is 1. The van der Waals surface area contributed by atoms with Crippen molar-refractivity contribution in [1.82, 2.24) is 14.9 Å². The van der Waals surface area contributed by atoms with E-state index in [1.165, 1.54) is 6.92 Å². The molecule has 0 aliphatic rings. The van der Waals surface area contributed by atoms with Crippen molar-refractivity contribution in [2.24, 2.45) is 0 Å². The summed E-state index contributed by atoms with van der Waals surface area (Å²) in [5.41, 5.74) is 2.07. The van der Waals surface area contributed by atoms with Gasteiger partial charge >= 0.3 is 0 Å².